The van der Waals surface area contributed by atoms with Gasteiger partial charge in [-0.25, -0.2) is 10.5 Å². The fourth-order valence-corrected chi connectivity index (χ4v) is 2.85. The van der Waals surface area contributed by atoms with Gasteiger partial charge in [-0.3, -0.25) is 0 Å². The minimum Gasteiger partial charge on any atom is -0.344 e. The van der Waals surface area contributed by atoms with Crippen LogP contribution in [0.1, 0.15) is 39.0 Å². The van der Waals surface area contributed by atoms with E-state index >= 15 is 0 Å². The standard InChI is InChI=1S/C12H27N4O2P/c1-4-5-6-7-8-11-17-19(18-13)14-12-15(2)9-10-16(12)3/h4-11,13H2,1-3H3. The molecule has 0 spiro atoms. The smallest absolute Gasteiger partial charge is 0.331 e. The zero-order valence-electron chi connectivity index (χ0n) is 12.3. The highest BCUT2D eigenvalue weighted by Gasteiger charge is 2.22. The molecule has 7 heteroatoms. The Hall–Kier alpha value is -0.420. The zero-order valence-corrected chi connectivity index (χ0v) is 13.2. The van der Waals surface area contributed by atoms with Gasteiger partial charge in [-0.1, -0.05) is 32.6 Å². The molecule has 1 saturated heterocycles. The highest BCUT2D eigenvalue weighted by atomic mass is 31.2. The number of nitrogens with two attached hydrogens (primary N) is 1. The fourth-order valence-electron chi connectivity index (χ4n) is 1.95. The van der Waals surface area contributed by atoms with E-state index in [0.29, 0.717) is 6.61 Å². The molecule has 1 aliphatic rings. The van der Waals surface area contributed by atoms with Crippen LogP contribution in [0.3, 0.4) is 0 Å². The maximum atomic E-state index is 5.61. The van der Waals surface area contributed by atoms with Crippen LogP contribution in [-0.2, 0) is 9.15 Å². The normalized spacial score (nSPS) is 17.2. The average molecular weight is 290 g/mol. The molecule has 1 aliphatic heterocycles. The van der Waals surface area contributed by atoms with Gasteiger partial charge in [0.05, 0.1) is 6.61 Å². The van der Waals surface area contributed by atoms with Gasteiger partial charge in [-0.2, -0.15) is 4.76 Å². The Morgan fingerprint density at radius 1 is 1.16 bits per heavy atom. The van der Waals surface area contributed by atoms with Crippen LogP contribution < -0.4 is 5.90 Å². The second kappa shape index (κ2) is 9.48. The Bertz CT molecular complexity index is 266. The third kappa shape index (κ3) is 6.04. The number of guanidine groups is 1. The molecule has 0 bridgehead atoms. The van der Waals surface area contributed by atoms with Crippen molar-refractivity contribution in [3.8, 4) is 0 Å². The number of likely N-dealkylation sites (N-methyl/N-ethyl adjacent to an activating group) is 2. The molecule has 0 aromatic carbocycles. The summed E-state index contributed by atoms with van der Waals surface area (Å²) in [6.45, 7) is 4.82. The average Bonchev–Trinajstić information content (AvgIpc) is 2.72. The van der Waals surface area contributed by atoms with Crippen LogP contribution in [0.15, 0.2) is 4.76 Å². The van der Waals surface area contributed by atoms with Gasteiger partial charge in [-0.15, -0.1) is 0 Å². The topological polar surface area (TPSA) is 63.3 Å². The minimum absolute atomic E-state index is 0.664. The Balaban J connectivity index is 2.27. The van der Waals surface area contributed by atoms with E-state index in [-0.39, 0.29) is 0 Å². The van der Waals surface area contributed by atoms with Crippen LogP contribution in [-0.4, -0.2) is 49.6 Å². The molecule has 0 saturated carbocycles. The lowest BCUT2D eigenvalue weighted by Crippen LogP contribution is -2.28. The van der Waals surface area contributed by atoms with Crippen molar-refractivity contribution in [3.63, 3.8) is 0 Å². The summed E-state index contributed by atoms with van der Waals surface area (Å²) in [6.07, 6.45) is 6.05. The van der Waals surface area contributed by atoms with Crippen LogP contribution >= 0.6 is 8.53 Å². The highest BCUT2D eigenvalue weighted by Crippen LogP contribution is 2.39. The van der Waals surface area contributed by atoms with Crippen molar-refractivity contribution in [2.24, 2.45) is 10.7 Å². The lowest BCUT2D eigenvalue weighted by atomic mass is 10.2. The van der Waals surface area contributed by atoms with E-state index < -0.39 is 8.53 Å². The first-order chi connectivity index (χ1) is 9.19. The monoisotopic (exact) mass is 290 g/mol. The number of unbranched alkanes of at least 4 members (excludes halogenated alkanes) is 4. The van der Waals surface area contributed by atoms with E-state index in [1.807, 2.05) is 14.1 Å². The summed E-state index contributed by atoms with van der Waals surface area (Å²) in [4.78, 5) is 4.16. The van der Waals surface area contributed by atoms with Gasteiger partial charge >= 0.3 is 8.53 Å². The summed E-state index contributed by atoms with van der Waals surface area (Å²) in [7, 11) is 2.66. The second-order valence-corrected chi connectivity index (χ2v) is 5.98. The van der Waals surface area contributed by atoms with Crippen molar-refractivity contribution in [2.45, 2.75) is 39.0 Å². The molecule has 0 amide bonds. The maximum Gasteiger partial charge on any atom is 0.331 e. The predicted molar refractivity (Wildman–Crippen MR) is 79.6 cm³/mol. The SMILES string of the molecule is CCCCCCCOP(N=C1N(C)CCN1C)ON. The van der Waals surface area contributed by atoms with E-state index in [2.05, 4.69) is 21.5 Å². The van der Waals surface area contributed by atoms with Gasteiger partial charge in [0.15, 0.2) is 0 Å². The van der Waals surface area contributed by atoms with Gasteiger partial charge in [0.1, 0.15) is 0 Å². The number of rotatable bonds is 9. The van der Waals surface area contributed by atoms with Crippen molar-refractivity contribution in [1.82, 2.24) is 9.80 Å². The molecule has 6 nitrogen and oxygen atoms in total. The molecule has 1 rings (SSSR count). The molecular formula is C12H27N4O2P. The fraction of sp³-hybridized carbons (Fsp3) is 0.917. The first kappa shape index (κ1) is 16.6. The molecule has 0 radical (unpaired) electrons. The Morgan fingerprint density at radius 2 is 1.79 bits per heavy atom. The molecule has 19 heavy (non-hydrogen) atoms. The van der Waals surface area contributed by atoms with Crippen LogP contribution in [0.2, 0.25) is 0 Å². The van der Waals surface area contributed by atoms with E-state index in [4.69, 9.17) is 15.0 Å². The number of hydrogen-bond acceptors (Lipinski definition) is 4. The van der Waals surface area contributed by atoms with Crippen molar-refractivity contribution in [2.75, 3.05) is 33.8 Å². The summed E-state index contributed by atoms with van der Waals surface area (Å²) >= 11 is 0. The molecule has 112 valence electrons. The van der Waals surface area contributed by atoms with E-state index in [1.165, 1.54) is 25.7 Å². The molecule has 0 aromatic rings. The molecule has 1 fully saturated rings. The molecule has 0 aliphatic carbocycles. The molecule has 1 heterocycles. The largest absolute Gasteiger partial charge is 0.344 e. The van der Waals surface area contributed by atoms with E-state index in [9.17, 15) is 0 Å². The van der Waals surface area contributed by atoms with Crippen LogP contribution in [0.4, 0.5) is 0 Å². The summed E-state index contributed by atoms with van der Waals surface area (Å²) in [6, 6.07) is 0. The third-order valence-electron chi connectivity index (χ3n) is 3.16. The van der Waals surface area contributed by atoms with Gasteiger partial charge in [0.25, 0.3) is 0 Å². The van der Waals surface area contributed by atoms with E-state index in [0.717, 1.165) is 25.5 Å². The minimum atomic E-state index is -1.36. The maximum absolute atomic E-state index is 5.61. The van der Waals surface area contributed by atoms with Crippen molar-refractivity contribution < 1.29 is 9.15 Å². The summed E-state index contributed by atoms with van der Waals surface area (Å²) in [5.41, 5.74) is 0. The second-order valence-electron chi connectivity index (χ2n) is 4.83. The van der Waals surface area contributed by atoms with Crippen molar-refractivity contribution in [3.05, 3.63) is 0 Å². The Morgan fingerprint density at radius 3 is 2.37 bits per heavy atom. The van der Waals surface area contributed by atoms with Crippen molar-refractivity contribution >= 4 is 14.5 Å². The lowest BCUT2D eigenvalue weighted by Gasteiger charge is -2.18. The lowest BCUT2D eigenvalue weighted by molar-refractivity contribution is 0.249. The molecule has 2 N–H and O–H groups in total. The van der Waals surface area contributed by atoms with Gasteiger partial charge in [-0.05, 0) is 6.42 Å². The summed E-state index contributed by atoms with van der Waals surface area (Å²) < 4.78 is 14.9. The first-order valence-corrected chi connectivity index (χ1v) is 8.12. The third-order valence-corrected chi connectivity index (χ3v) is 4.09. The Labute approximate surface area is 117 Å². The highest BCUT2D eigenvalue weighted by molar-refractivity contribution is 7.45. The van der Waals surface area contributed by atoms with Crippen LogP contribution in [0, 0.1) is 0 Å². The first-order valence-electron chi connectivity index (χ1n) is 6.99. The molecule has 0 aromatic heterocycles. The molecular weight excluding hydrogens is 263 g/mol. The quantitative estimate of drug-likeness (QED) is 0.401. The van der Waals surface area contributed by atoms with E-state index in [1.54, 1.807) is 0 Å². The van der Waals surface area contributed by atoms with Gasteiger partial charge < -0.3 is 14.3 Å². The van der Waals surface area contributed by atoms with Crippen LogP contribution in [0.5, 0.6) is 0 Å². The molecule has 1 unspecified atom stereocenters. The summed E-state index contributed by atoms with van der Waals surface area (Å²) in [5.74, 6) is 6.16. The van der Waals surface area contributed by atoms with Gasteiger partial charge in [0, 0.05) is 27.2 Å². The zero-order chi connectivity index (χ0) is 14.1. The number of nitrogens with zero attached hydrogens (tertiary/aromatic N) is 3. The Kier molecular flexibility index (Phi) is 8.30. The van der Waals surface area contributed by atoms with Crippen molar-refractivity contribution in [1.29, 1.82) is 0 Å². The van der Waals surface area contributed by atoms with Gasteiger partial charge in [0.2, 0.25) is 5.96 Å². The summed E-state index contributed by atoms with van der Waals surface area (Å²) in [5, 5.41) is 0. The molecule has 1 atom stereocenters. The number of hydrogen-bond donors (Lipinski definition) is 1. The van der Waals surface area contributed by atoms with Crippen LogP contribution in [0.25, 0.3) is 0 Å². The predicted octanol–water partition coefficient (Wildman–Crippen LogP) is 2.32.